The maximum atomic E-state index is 12.5. The third-order valence-corrected chi connectivity index (χ3v) is 4.26. The average Bonchev–Trinajstić information content (AvgIpc) is 2.66. The van der Waals surface area contributed by atoms with Crippen molar-refractivity contribution in [2.45, 2.75) is 56.8 Å². The molecule has 0 heterocycles. The second-order valence-electron chi connectivity index (χ2n) is 6.49. The number of carbonyl (C=O) groups is 6. The second-order valence-corrected chi connectivity index (χ2v) is 6.86. The summed E-state index contributed by atoms with van der Waals surface area (Å²) < 4.78 is 0. The zero-order chi connectivity index (χ0) is 23.4. The van der Waals surface area contributed by atoms with E-state index in [0.717, 1.165) is 0 Å². The number of rotatable bonds is 14. The highest BCUT2D eigenvalue weighted by molar-refractivity contribution is 7.80. The van der Waals surface area contributed by atoms with Gasteiger partial charge in [0.05, 0.1) is 6.04 Å². The predicted molar refractivity (Wildman–Crippen MR) is 108 cm³/mol. The Kier molecular flexibility index (Phi) is 12.1. The Morgan fingerprint density at radius 3 is 1.77 bits per heavy atom. The number of nitrogens with one attached hydrogen (secondary N) is 3. The molecule has 0 fully saturated rings. The van der Waals surface area contributed by atoms with Crippen LogP contribution in [0.4, 0.5) is 0 Å². The molecule has 4 unspecified atom stereocenters. The molecule has 0 aromatic rings. The van der Waals surface area contributed by atoms with Crippen molar-refractivity contribution < 1.29 is 33.9 Å². The molecule has 4 atom stereocenters. The summed E-state index contributed by atoms with van der Waals surface area (Å²) in [6, 6.07) is -4.82. The molecular weight excluding hydrogens is 420 g/mol. The third-order valence-electron chi connectivity index (χ3n) is 3.90. The summed E-state index contributed by atoms with van der Waals surface area (Å²) in [4.78, 5) is 69.6. The molecule has 0 saturated heterocycles. The highest BCUT2D eigenvalue weighted by atomic mass is 32.1. The van der Waals surface area contributed by atoms with Crippen molar-refractivity contribution in [3.8, 4) is 0 Å². The van der Waals surface area contributed by atoms with Crippen molar-refractivity contribution in [1.29, 1.82) is 0 Å². The van der Waals surface area contributed by atoms with Gasteiger partial charge in [-0.3, -0.25) is 28.8 Å². The van der Waals surface area contributed by atoms with E-state index in [4.69, 9.17) is 22.3 Å². The molecule has 30 heavy (non-hydrogen) atoms. The molecular formula is C16H28N6O7S. The minimum absolute atomic E-state index is 0.0290. The lowest BCUT2D eigenvalue weighted by atomic mass is 10.1. The first-order valence-corrected chi connectivity index (χ1v) is 9.59. The quantitative estimate of drug-likeness (QED) is 0.123. The zero-order valence-corrected chi connectivity index (χ0v) is 17.3. The molecule has 0 spiro atoms. The van der Waals surface area contributed by atoms with E-state index in [0.29, 0.717) is 0 Å². The molecule has 5 amide bonds. The van der Waals surface area contributed by atoms with E-state index in [2.05, 4.69) is 28.6 Å². The zero-order valence-electron chi connectivity index (χ0n) is 16.4. The molecule has 0 radical (unpaired) electrons. The lowest BCUT2D eigenvalue weighted by Crippen LogP contribution is -2.57. The maximum Gasteiger partial charge on any atom is 0.325 e. The molecule has 13 nitrogen and oxygen atoms in total. The van der Waals surface area contributed by atoms with E-state index in [1.54, 1.807) is 0 Å². The van der Waals surface area contributed by atoms with Crippen LogP contribution in [0.5, 0.6) is 0 Å². The molecule has 14 heteroatoms. The molecule has 0 saturated carbocycles. The molecule has 0 aromatic carbocycles. The monoisotopic (exact) mass is 448 g/mol. The summed E-state index contributed by atoms with van der Waals surface area (Å²) in [6.07, 6.45) is -0.595. The highest BCUT2D eigenvalue weighted by Gasteiger charge is 2.29. The lowest BCUT2D eigenvalue weighted by molar-refractivity contribution is -0.142. The van der Waals surface area contributed by atoms with E-state index in [-0.39, 0.29) is 31.4 Å². The van der Waals surface area contributed by atoms with Crippen LogP contribution in [0.2, 0.25) is 0 Å². The fourth-order valence-corrected chi connectivity index (χ4v) is 2.36. The van der Waals surface area contributed by atoms with E-state index >= 15 is 0 Å². The van der Waals surface area contributed by atoms with E-state index in [9.17, 15) is 28.8 Å². The number of nitrogens with two attached hydrogens (primary N) is 3. The average molecular weight is 449 g/mol. The molecule has 0 rings (SSSR count). The van der Waals surface area contributed by atoms with Crippen LogP contribution in [-0.2, 0) is 28.8 Å². The van der Waals surface area contributed by atoms with E-state index in [1.165, 1.54) is 6.92 Å². The van der Waals surface area contributed by atoms with Gasteiger partial charge in [-0.15, -0.1) is 0 Å². The number of hydrogen-bond donors (Lipinski definition) is 8. The van der Waals surface area contributed by atoms with Gasteiger partial charge in [0.1, 0.15) is 18.1 Å². The van der Waals surface area contributed by atoms with Crippen molar-refractivity contribution in [3.05, 3.63) is 0 Å². The maximum absolute atomic E-state index is 12.5. The third kappa shape index (κ3) is 10.6. The van der Waals surface area contributed by atoms with E-state index < -0.39 is 59.7 Å². The van der Waals surface area contributed by atoms with Gasteiger partial charge >= 0.3 is 5.97 Å². The number of amides is 5. The summed E-state index contributed by atoms with van der Waals surface area (Å²) >= 11 is 3.98. The number of aliphatic carboxylic acids is 1. The fraction of sp³-hybridized carbons (Fsp3) is 0.625. The predicted octanol–water partition coefficient (Wildman–Crippen LogP) is -3.67. The minimum Gasteiger partial charge on any atom is -0.480 e. The number of carbonyl (C=O) groups excluding carboxylic acids is 5. The summed E-state index contributed by atoms with van der Waals surface area (Å²) in [6.45, 7) is 1.22. The highest BCUT2D eigenvalue weighted by Crippen LogP contribution is 2.02. The molecule has 0 aliphatic heterocycles. The van der Waals surface area contributed by atoms with Gasteiger partial charge in [-0.2, -0.15) is 12.6 Å². The van der Waals surface area contributed by atoms with Gasteiger partial charge in [0.2, 0.25) is 29.5 Å². The van der Waals surface area contributed by atoms with Crippen LogP contribution in [0.3, 0.4) is 0 Å². The van der Waals surface area contributed by atoms with Gasteiger partial charge in [-0.05, 0) is 19.8 Å². The van der Waals surface area contributed by atoms with Crippen molar-refractivity contribution in [1.82, 2.24) is 16.0 Å². The lowest BCUT2D eigenvalue weighted by Gasteiger charge is -2.23. The summed E-state index contributed by atoms with van der Waals surface area (Å²) in [5, 5.41) is 15.7. The Morgan fingerprint density at radius 1 is 0.833 bits per heavy atom. The first-order chi connectivity index (χ1) is 13.9. The van der Waals surface area contributed by atoms with Gasteiger partial charge < -0.3 is 38.3 Å². The SMILES string of the molecule is CC(NC(=O)C(CCC(N)=O)NC(=O)C(CS)NC(=O)C(N)CCC(N)=O)C(=O)O. The van der Waals surface area contributed by atoms with Gasteiger partial charge in [0.25, 0.3) is 0 Å². The van der Waals surface area contributed by atoms with E-state index in [1.807, 2.05) is 0 Å². The molecule has 0 bridgehead atoms. The Balaban J connectivity index is 5.11. The Morgan fingerprint density at radius 2 is 1.30 bits per heavy atom. The Bertz CT molecular complexity index is 674. The van der Waals surface area contributed by atoms with Crippen LogP contribution in [0.15, 0.2) is 0 Å². The first-order valence-electron chi connectivity index (χ1n) is 8.96. The largest absolute Gasteiger partial charge is 0.480 e. The molecule has 170 valence electrons. The van der Waals surface area contributed by atoms with Crippen molar-refractivity contribution in [2.24, 2.45) is 17.2 Å². The van der Waals surface area contributed by atoms with Gasteiger partial charge in [-0.1, -0.05) is 0 Å². The smallest absolute Gasteiger partial charge is 0.325 e. The number of hydrogen-bond acceptors (Lipinski definition) is 8. The van der Waals surface area contributed by atoms with Crippen LogP contribution >= 0.6 is 12.6 Å². The van der Waals surface area contributed by atoms with Gasteiger partial charge in [0.15, 0.2) is 0 Å². The normalized spacial score (nSPS) is 14.5. The van der Waals surface area contributed by atoms with Gasteiger partial charge in [0, 0.05) is 18.6 Å². The number of carboxylic acids is 1. The summed E-state index contributed by atoms with van der Waals surface area (Å²) in [5.41, 5.74) is 15.7. The molecule has 0 aliphatic rings. The van der Waals surface area contributed by atoms with Crippen LogP contribution in [0.25, 0.3) is 0 Å². The fourth-order valence-electron chi connectivity index (χ4n) is 2.11. The number of primary amides is 2. The topological polar surface area (TPSA) is 237 Å². The number of carboxylic acid groups (broad SMARTS) is 1. The van der Waals surface area contributed by atoms with Crippen LogP contribution in [0.1, 0.15) is 32.6 Å². The molecule has 0 aromatic heterocycles. The van der Waals surface area contributed by atoms with Gasteiger partial charge in [-0.25, -0.2) is 0 Å². The first kappa shape index (κ1) is 27.1. The Hall–Kier alpha value is -2.87. The van der Waals surface area contributed by atoms with Crippen molar-refractivity contribution in [3.63, 3.8) is 0 Å². The second kappa shape index (κ2) is 13.4. The standard InChI is InChI=1S/C16H28N6O7S/c1-7(16(28)29)20-14(26)9(3-5-12(19)24)21-15(27)10(6-30)22-13(25)8(17)2-4-11(18)23/h7-10,30H,2-6,17H2,1H3,(H2,18,23)(H2,19,24)(H,20,26)(H,21,27)(H,22,25)(H,28,29). The van der Waals surface area contributed by atoms with Crippen LogP contribution in [-0.4, -0.2) is 70.5 Å². The van der Waals surface area contributed by atoms with Crippen LogP contribution < -0.4 is 33.2 Å². The summed E-state index contributed by atoms with van der Waals surface area (Å²) in [7, 11) is 0. The molecule has 0 aliphatic carbocycles. The molecule has 10 N–H and O–H groups in total. The Labute approximate surface area is 178 Å². The minimum atomic E-state index is -1.30. The number of thiol groups is 1. The van der Waals surface area contributed by atoms with Crippen molar-refractivity contribution in [2.75, 3.05) is 5.75 Å². The summed E-state index contributed by atoms with van der Waals surface area (Å²) in [5.74, 6) is -5.21. The van der Waals surface area contributed by atoms with Crippen LogP contribution in [0, 0.1) is 0 Å². The van der Waals surface area contributed by atoms with Crippen molar-refractivity contribution >= 4 is 48.1 Å².